The molecule has 3 rings (SSSR count). The summed E-state index contributed by atoms with van der Waals surface area (Å²) >= 11 is 1.45. The molecule has 6 heteroatoms. The van der Waals surface area contributed by atoms with Crippen LogP contribution in [0.1, 0.15) is 16.1 Å². The normalized spacial score (nSPS) is 11.0. The smallest absolute Gasteiger partial charge is 0.162 e. The van der Waals surface area contributed by atoms with Gasteiger partial charge in [0.1, 0.15) is 16.6 Å². The van der Waals surface area contributed by atoms with E-state index in [1.54, 1.807) is 20.4 Å². The molecule has 28 heavy (non-hydrogen) atoms. The van der Waals surface area contributed by atoms with Crippen molar-refractivity contribution >= 4 is 22.6 Å². The topological polar surface area (TPSA) is 67.2 Å². The van der Waals surface area contributed by atoms with Gasteiger partial charge in [-0.05, 0) is 31.5 Å². The molecule has 2 aromatic carbocycles. The highest BCUT2D eigenvalue weighted by atomic mass is 32.1. The number of rotatable bonds is 6. The van der Waals surface area contributed by atoms with E-state index in [9.17, 15) is 5.26 Å². The summed E-state index contributed by atoms with van der Waals surface area (Å²) in [6.07, 6.45) is 1.66. The van der Waals surface area contributed by atoms with Gasteiger partial charge < -0.3 is 14.8 Å². The Labute approximate surface area is 168 Å². The Morgan fingerprint density at radius 1 is 1.11 bits per heavy atom. The molecular formula is C22H21N3O2S. The van der Waals surface area contributed by atoms with E-state index in [1.165, 1.54) is 22.5 Å². The van der Waals surface area contributed by atoms with E-state index in [1.807, 2.05) is 23.6 Å². The lowest BCUT2D eigenvalue weighted by atomic mass is 10.0. The second-order valence-electron chi connectivity index (χ2n) is 6.24. The van der Waals surface area contributed by atoms with Crippen LogP contribution in [0.15, 0.2) is 48.0 Å². The van der Waals surface area contributed by atoms with Gasteiger partial charge in [-0.1, -0.05) is 23.8 Å². The first-order valence-corrected chi connectivity index (χ1v) is 9.56. The molecule has 1 heterocycles. The second-order valence-corrected chi connectivity index (χ2v) is 7.10. The fourth-order valence-corrected chi connectivity index (χ4v) is 3.63. The van der Waals surface area contributed by atoms with Gasteiger partial charge in [0, 0.05) is 28.9 Å². The number of nitrogens with one attached hydrogen (secondary N) is 1. The van der Waals surface area contributed by atoms with Crippen LogP contribution in [0, 0.1) is 25.2 Å². The minimum Gasteiger partial charge on any atom is -0.493 e. The van der Waals surface area contributed by atoms with Crippen LogP contribution in [-0.2, 0) is 0 Å². The third kappa shape index (κ3) is 4.16. The van der Waals surface area contributed by atoms with Gasteiger partial charge in [-0.25, -0.2) is 4.98 Å². The van der Waals surface area contributed by atoms with Crippen molar-refractivity contribution in [3.8, 4) is 28.8 Å². The summed E-state index contributed by atoms with van der Waals surface area (Å²) in [5, 5.41) is 15.4. The first-order chi connectivity index (χ1) is 13.5. The Hall–Kier alpha value is -3.30. The molecule has 0 spiro atoms. The lowest BCUT2D eigenvalue weighted by molar-refractivity contribution is 0.355. The van der Waals surface area contributed by atoms with E-state index < -0.39 is 0 Å². The Bertz CT molecular complexity index is 1060. The number of allylic oxidation sites excluding steroid dienone is 1. The molecule has 1 aromatic heterocycles. The van der Waals surface area contributed by atoms with Gasteiger partial charge in [0.2, 0.25) is 0 Å². The highest BCUT2D eigenvalue weighted by Crippen LogP contribution is 2.31. The number of hydrogen-bond acceptors (Lipinski definition) is 6. The molecule has 5 nitrogen and oxygen atoms in total. The van der Waals surface area contributed by atoms with Crippen molar-refractivity contribution in [2.45, 2.75) is 13.8 Å². The van der Waals surface area contributed by atoms with Gasteiger partial charge >= 0.3 is 0 Å². The summed E-state index contributed by atoms with van der Waals surface area (Å²) in [4.78, 5) is 4.66. The maximum atomic E-state index is 9.57. The SMILES string of the molecule is COc1ccc(NC=C(C#N)c2nc(-c3ccc(C)cc3C)cs2)cc1OC. The van der Waals surface area contributed by atoms with Crippen molar-refractivity contribution < 1.29 is 9.47 Å². The van der Waals surface area contributed by atoms with E-state index >= 15 is 0 Å². The lowest BCUT2D eigenvalue weighted by Gasteiger charge is -2.09. The summed E-state index contributed by atoms with van der Waals surface area (Å²) < 4.78 is 10.5. The number of anilines is 1. The van der Waals surface area contributed by atoms with E-state index in [-0.39, 0.29) is 0 Å². The molecule has 0 bridgehead atoms. The van der Waals surface area contributed by atoms with Crippen LogP contribution in [0.25, 0.3) is 16.8 Å². The molecule has 0 amide bonds. The molecule has 142 valence electrons. The number of hydrogen-bond donors (Lipinski definition) is 1. The Balaban J connectivity index is 1.84. The zero-order valence-corrected chi connectivity index (χ0v) is 17.1. The Morgan fingerprint density at radius 3 is 2.57 bits per heavy atom. The number of nitriles is 1. The maximum absolute atomic E-state index is 9.57. The maximum Gasteiger partial charge on any atom is 0.162 e. The van der Waals surface area contributed by atoms with Gasteiger partial charge in [-0.2, -0.15) is 5.26 Å². The zero-order chi connectivity index (χ0) is 20.1. The van der Waals surface area contributed by atoms with Crippen LogP contribution < -0.4 is 14.8 Å². The molecule has 0 saturated carbocycles. The first kappa shape index (κ1) is 19.5. The minimum atomic E-state index is 0.468. The monoisotopic (exact) mass is 391 g/mol. The van der Waals surface area contributed by atoms with E-state index in [4.69, 9.17) is 9.47 Å². The van der Waals surface area contributed by atoms with Crippen molar-refractivity contribution in [1.82, 2.24) is 4.98 Å². The average Bonchev–Trinajstić information content (AvgIpc) is 3.17. The van der Waals surface area contributed by atoms with Gasteiger partial charge in [0.25, 0.3) is 0 Å². The van der Waals surface area contributed by atoms with Crippen LogP contribution in [0.2, 0.25) is 0 Å². The van der Waals surface area contributed by atoms with Crippen LogP contribution in [0.4, 0.5) is 5.69 Å². The van der Waals surface area contributed by atoms with Crippen LogP contribution >= 0.6 is 11.3 Å². The highest BCUT2D eigenvalue weighted by molar-refractivity contribution is 7.11. The molecule has 0 fully saturated rings. The van der Waals surface area contributed by atoms with Crippen molar-refractivity contribution in [1.29, 1.82) is 5.26 Å². The zero-order valence-electron chi connectivity index (χ0n) is 16.2. The number of aryl methyl sites for hydroxylation is 2. The summed E-state index contributed by atoms with van der Waals surface area (Å²) in [6, 6.07) is 14.0. The number of benzene rings is 2. The summed E-state index contributed by atoms with van der Waals surface area (Å²) in [6.45, 7) is 4.14. The first-order valence-electron chi connectivity index (χ1n) is 8.68. The quantitative estimate of drug-likeness (QED) is 0.568. The van der Waals surface area contributed by atoms with E-state index in [0.717, 1.165) is 16.9 Å². The van der Waals surface area contributed by atoms with Gasteiger partial charge in [0.15, 0.2) is 11.5 Å². The number of aromatic nitrogens is 1. The third-order valence-corrected chi connectivity index (χ3v) is 5.16. The van der Waals surface area contributed by atoms with Crippen LogP contribution in [0.5, 0.6) is 11.5 Å². The molecule has 0 atom stereocenters. The van der Waals surface area contributed by atoms with Gasteiger partial charge in [-0.3, -0.25) is 0 Å². The Kier molecular flexibility index (Phi) is 5.97. The summed E-state index contributed by atoms with van der Waals surface area (Å²) in [7, 11) is 3.18. The van der Waals surface area contributed by atoms with Crippen LogP contribution in [0.3, 0.4) is 0 Å². The number of ether oxygens (including phenoxy) is 2. The number of thiazole rings is 1. The fourth-order valence-electron chi connectivity index (χ4n) is 2.85. The van der Waals surface area contributed by atoms with E-state index in [2.05, 4.69) is 48.4 Å². The van der Waals surface area contributed by atoms with E-state index in [0.29, 0.717) is 22.1 Å². The second kappa shape index (κ2) is 8.59. The summed E-state index contributed by atoms with van der Waals surface area (Å²) in [5.41, 5.74) is 5.60. The highest BCUT2D eigenvalue weighted by Gasteiger charge is 2.11. The third-order valence-electron chi connectivity index (χ3n) is 4.28. The molecule has 0 saturated heterocycles. The molecular weight excluding hydrogens is 370 g/mol. The molecule has 1 N–H and O–H groups in total. The lowest BCUT2D eigenvalue weighted by Crippen LogP contribution is -1.94. The molecule has 0 aliphatic heterocycles. The fraction of sp³-hybridized carbons (Fsp3) is 0.182. The number of nitrogens with zero attached hydrogens (tertiary/aromatic N) is 2. The number of methoxy groups -OCH3 is 2. The van der Waals surface area contributed by atoms with Crippen LogP contribution in [-0.4, -0.2) is 19.2 Å². The van der Waals surface area contributed by atoms with Crippen molar-refractivity contribution in [2.75, 3.05) is 19.5 Å². The van der Waals surface area contributed by atoms with Crippen molar-refractivity contribution in [3.63, 3.8) is 0 Å². The summed E-state index contributed by atoms with van der Waals surface area (Å²) in [5.74, 6) is 1.27. The molecule has 0 radical (unpaired) electrons. The predicted octanol–water partition coefficient (Wildman–Crippen LogP) is 5.42. The average molecular weight is 391 g/mol. The Morgan fingerprint density at radius 2 is 1.89 bits per heavy atom. The molecule has 0 unspecified atom stereocenters. The predicted molar refractivity (Wildman–Crippen MR) is 114 cm³/mol. The minimum absolute atomic E-state index is 0.468. The van der Waals surface area contributed by atoms with Crippen molar-refractivity contribution in [2.24, 2.45) is 0 Å². The van der Waals surface area contributed by atoms with Gasteiger partial charge in [-0.15, -0.1) is 11.3 Å². The largest absolute Gasteiger partial charge is 0.493 e. The molecule has 3 aromatic rings. The molecule has 0 aliphatic carbocycles. The van der Waals surface area contributed by atoms with Gasteiger partial charge in [0.05, 0.1) is 19.9 Å². The molecule has 0 aliphatic rings. The standard InChI is InChI=1S/C22H21N3O2S/c1-14-5-7-18(15(2)9-14)19-13-28-22(25-19)16(11-23)12-24-17-6-8-20(26-3)21(10-17)27-4/h5-10,12-13,24H,1-4H3. The van der Waals surface area contributed by atoms with Crippen molar-refractivity contribution in [3.05, 3.63) is 64.1 Å².